The van der Waals surface area contributed by atoms with Gasteiger partial charge in [0.2, 0.25) is 0 Å². The zero-order valence-electron chi connectivity index (χ0n) is 11.0. The maximum Gasteiger partial charge on any atom is 0.121 e. The number of unbranched alkanes of at least 4 members (excludes halogenated alkanes) is 2. The van der Waals surface area contributed by atoms with Gasteiger partial charge in [-0.3, -0.25) is 0 Å². The van der Waals surface area contributed by atoms with Crippen molar-refractivity contribution < 1.29 is 10.2 Å². The molecule has 1 aromatic rings. The van der Waals surface area contributed by atoms with Crippen LogP contribution in [0.3, 0.4) is 0 Å². The van der Waals surface area contributed by atoms with Crippen LogP contribution in [0.4, 0.5) is 0 Å². The van der Waals surface area contributed by atoms with Crippen LogP contribution in [0.2, 0.25) is 0 Å². The van der Waals surface area contributed by atoms with E-state index in [1.54, 1.807) is 6.07 Å². The van der Waals surface area contributed by atoms with E-state index in [-0.39, 0.29) is 12.4 Å². The number of aromatic hydroxyl groups is 1. The molecule has 96 valence electrons. The molecule has 2 nitrogen and oxygen atoms in total. The van der Waals surface area contributed by atoms with Crippen molar-refractivity contribution in [2.24, 2.45) is 0 Å². The Hall–Kier alpha value is -1.02. The minimum Gasteiger partial charge on any atom is -0.508 e. The third-order valence-corrected chi connectivity index (χ3v) is 3.24. The number of aryl methyl sites for hydroxylation is 1. The van der Waals surface area contributed by atoms with E-state index in [9.17, 15) is 10.2 Å². The SMILES string of the molecule is CCCCc1ccc(O)c(CO)c1CCCC. The Bertz CT molecular complexity index is 345. The van der Waals surface area contributed by atoms with E-state index < -0.39 is 0 Å². The molecule has 0 radical (unpaired) electrons. The zero-order valence-corrected chi connectivity index (χ0v) is 11.0. The first-order chi connectivity index (χ1) is 8.24. The molecule has 0 amide bonds. The molecule has 0 aliphatic carbocycles. The molecule has 0 saturated carbocycles. The number of rotatable bonds is 7. The van der Waals surface area contributed by atoms with Gasteiger partial charge < -0.3 is 10.2 Å². The molecule has 0 aromatic heterocycles. The van der Waals surface area contributed by atoms with Gasteiger partial charge in [0, 0.05) is 5.56 Å². The first-order valence-corrected chi connectivity index (χ1v) is 6.68. The molecule has 0 atom stereocenters. The van der Waals surface area contributed by atoms with E-state index in [2.05, 4.69) is 13.8 Å². The van der Waals surface area contributed by atoms with Gasteiger partial charge in [-0.25, -0.2) is 0 Å². The first kappa shape index (κ1) is 14.0. The summed E-state index contributed by atoms with van der Waals surface area (Å²) in [5.74, 6) is 0.235. The van der Waals surface area contributed by atoms with Gasteiger partial charge >= 0.3 is 0 Å². The minimum absolute atomic E-state index is 0.0646. The van der Waals surface area contributed by atoms with Crippen molar-refractivity contribution in [1.82, 2.24) is 0 Å². The van der Waals surface area contributed by atoms with E-state index in [1.807, 2.05) is 6.07 Å². The van der Waals surface area contributed by atoms with E-state index in [4.69, 9.17) is 0 Å². The fraction of sp³-hybridized carbons (Fsp3) is 0.600. The van der Waals surface area contributed by atoms with E-state index in [1.165, 1.54) is 17.5 Å². The first-order valence-electron chi connectivity index (χ1n) is 6.68. The summed E-state index contributed by atoms with van der Waals surface area (Å²) < 4.78 is 0. The number of hydrogen-bond donors (Lipinski definition) is 2. The van der Waals surface area contributed by atoms with Crippen LogP contribution in [0.5, 0.6) is 5.75 Å². The summed E-state index contributed by atoms with van der Waals surface area (Å²) in [5, 5.41) is 19.2. The van der Waals surface area contributed by atoms with Crippen LogP contribution in [-0.4, -0.2) is 10.2 Å². The van der Waals surface area contributed by atoms with Crippen LogP contribution in [0.1, 0.15) is 56.2 Å². The van der Waals surface area contributed by atoms with Crippen molar-refractivity contribution in [2.75, 3.05) is 0 Å². The zero-order chi connectivity index (χ0) is 12.7. The Kier molecular flexibility index (Phi) is 6.06. The summed E-state index contributed by atoms with van der Waals surface area (Å²) >= 11 is 0. The molecule has 0 fully saturated rings. The molecule has 0 spiro atoms. The second-order valence-electron chi connectivity index (χ2n) is 4.57. The number of aliphatic hydroxyl groups excluding tert-OH is 1. The molecule has 0 saturated heterocycles. The predicted molar refractivity (Wildman–Crippen MR) is 71.3 cm³/mol. The van der Waals surface area contributed by atoms with Crippen molar-refractivity contribution in [1.29, 1.82) is 0 Å². The summed E-state index contributed by atoms with van der Waals surface area (Å²) in [6, 6.07) is 3.72. The molecule has 2 N–H and O–H groups in total. The molecule has 1 aromatic carbocycles. The summed E-state index contributed by atoms with van der Waals surface area (Å²) in [5.41, 5.74) is 3.19. The number of phenols is 1. The van der Waals surface area contributed by atoms with Crippen molar-refractivity contribution in [3.05, 3.63) is 28.8 Å². The molecule has 0 heterocycles. The topological polar surface area (TPSA) is 40.5 Å². The summed E-state index contributed by atoms with van der Waals surface area (Å²) in [4.78, 5) is 0. The smallest absolute Gasteiger partial charge is 0.121 e. The van der Waals surface area contributed by atoms with Gasteiger partial charge in [-0.2, -0.15) is 0 Å². The van der Waals surface area contributed by atoms with Gasteiger partial charge in [-0.05, 0) is 42.9 Å². The molecule has 17 heavy (non-hydrogen) atoms. The molecule has 0 aliphatic rings. The Morgan fingerprint density at radius 3 is 2.18 bits per heavy atom. The highest BCUT2D eigenvalue weighted by atomic mass is 16.3. The van der Waals surface area contributed by atoms with Crippen LogP contribution in [-0.2, 0) is 19.4 Å². The lowest BCUT2D eigenvalue weighted by Gasteiger charge is -2.15. The van der Waals surface area contributed by atoms with Gasteiger partial charge in [0.05, 0.1) is 6.61 Å². The van der Waals surface area contributed by atoms with Gasteiger partial charge in [0.1, 0.15) is 5.75 Å². The quantitative estimate of drug-likeness (QED) is 0.759. The molecule has 1 rings (SSSR count). The molecule has 0 unspecified atom stereocenters. The summed E-state index contributed by atoms with van der Waals surface area (Å²) in [7, 11) is 0. The fourth-order valence-electron chi connectivity index (χ4n) is 2.17. The summed E-state index contributed by atoms with van der Waals surface area (Å²) in [6.07, 6.45) is 6.57. The molecule has 0 bridgehead atoms. The fourth-order valence-corrected chi connectivity index (χ4v) is 2.17. The second-order valence-corrected chi connectivity index (χ2v) is 4.57. The van der Waals surface area contributed by atoms with Gasteiger partial charge in [0.15, 0.2) is 0 Å². The number of benzene rings is 1. The standard InChI is InChI=1S/C15H24O2/c1-3-5-7-12-9-10-15(17)14(11-16)13(12)8-6-4-2/h9-10,16-17H,3-8,11H2,1-2H3. The molecular formula is C15H24O2. The average molecular weight is 236 g/mol. The lowest BCUT2D eigenvalue weighted by Crippen LogP contribution is -2.01. The lowest BCUT2D eigenvalue weighted by atomic mass is 9.93. The van der Waals surface area contributed by atoms with Crippen LogP contribution >= 0.6 is 0 Å². The highest BCUT2D eigenvalue weighted by molar-refractivity contribution is 5.44. The van der Waals surface area contributed by atoms with Crippen LogP contribution < -0.4 is 0 Å². The van der Waals surface area contributed by atoms with Gasteiger partial charge in [-0.1, -0.05) is 32.8 Å². The number of aliphatic hydroxyl groups is 1. The average Bonchev–Trinajstić information content (AvgIpc) is 2.35. The predicted octanol–water partition coefficient (Wildman–Crippen LogP) is 3.57. The highest BCUT2D eigenvalue weighted by Gasteiger charge is 2.11. The Balaban J connectivity index is 3.00. The molecular weight excluding hydrogens is 212 g/mol. The maximum absolute atomic E-state index is 9.78. The minimum atomic E-state index is -0.0646. The van der Waals surface area contributed by atoms with E-state index in [0.717, 1.165) is 37.7 Å². The Labute approximate surface area is 104 Å². The van der Waals surface area contributed by atoms with Crippen LogP contribution in [0.25, 0.3) is 0 Å². The molecule has 0 aliphatic heterocycles. The van der Waals surface area contributed by atoms with Crippen LogP contribution in [0, 0.1) is 0 Å². The van der Waals surface area contributed by atoms with Crippen molar-refractivity contribution >= 4 is 0 Å². The third-order valence-electron chi connectivity index (χ3n) is 3.24. The van der Waals surface area contributed by atoms with E-state index in [0.29, 0.717) is 0 Å². The molecule has 2 heteroatoms. The third kappa shape index (κ3) is 3.74. The Morgan fingerprint density at radius 2 is 1.59 bits per heavy atom. The normalized spacial score (nSPS) is 10.8. The number of hydrogen-bond acceptors (Lipinski definition) is 2. The van der Waals surface area contributed by atoms with Gasteiger partial charge in [0.25, 0.3) is 0 Å². The van der Waals surface area contributed by atoms with Crippen molar-refractivity contribution in [3.8, 4) is 5.75 Å². The maximum atomic E-state index is 9.78. The second kappa shape index (κ2) is 7.33. The monoisotopic (exact) mass is 236 g/mol. The van der Waals surface area contributed by atoms with Crippen LogP contribution in [0.15, 0.2) is 12.1 Å². The van der Waals surface area contributed by atoms with Gasteiger partial charge in [-0.15, -0.1) is 0 Å². The Morgan fingerprint density at radius 1 is 0.941 bits per heavy atom. The largest absolute Gasteiger partial charge is 0.508 e. The summed E-state index contributed by atoms with van der Waals surface area (Å²) in [6.45, 7) is 4.27. The van der Waals surface area contributed by atoms with E-state index >= 15 is 0 Å². The lowest BCUT2D eigenvalue weighted by molar-refractivity contribution is 0.274. The van der Waals surface area contributed by atoms with Crippen molar-refractivity contribution in [3.63, 3.8) is 0 Å². The van der Waals surface area contributed by atoms with Crippen molar-refractivity contribution in [2.45, 2.75) is 59.0 Å². The highest BCUT2D eigenvalue weighted by Crippen LogP contribution is 2.27.